The summed E-state index contributed by atoms with van der Waals surface area (Å²) in [7, 11) is 0. The van der Waals surface area contributed by atoms with Gasteiger partial charge >= 0.3 is 0 Å². The molecule has 1 fully saturated rings. The highest BCUT2D eigenvalue weighted by Crippen LogP contribution is 2.22. The molecule has 3 heterocycles. The third-order valence-corrected chi connectivity index (χ3v) is 5.10. The van der Waals surface area contributed by atoms with Crippen molar-refractivity contribution in [3.05, 3.63) is 52.8 Å². The summed E-state index contributed by atoms with van der Waals surface area (Å²) in [6.07, 6.45) is 0. The molecular formula is C20H23ClN6O. The van der Waals surface area contributed by atoms with Gasteiger partial charge in [0.25, 0.3) is 0 Å². The van der Waals surface area contributed by atoms with Crippen LogP contribution in [0.15, 0.2) is 36.4 Å². The molecule has 1 amide bonds. The Morgan fingerprint density at radius 2 is 1.79 bits per heavy atom. The Bertz CT molecular complexity index is 1010. The lowest BCUT2D eigenvalue weighted by molar-refractivity contribution is -0.131. The van der Waals surface area contributed by atoms with Gasteiger partial charge in [-0.2, -0.15) is 4.52 Å². The lowest BCUT2D eigenvalue weighted by Crippen LogP contribution is -2.50. The first kappa shape index (κ1) is 18.7. The largest absolute Gasteiger partial charge is 0.344 e. The number of amides is 1. The molecule has 0 aliphatic carbocycles. The van der Waals surface area contributed by atoms with Crippen LogP contribution in [0.1, 0.15) is 32.2 Å². The molecule has 0 bridgehead atoms. The van der Waals surface area contributed by atoms with Gasteiger partial charge in [0.2, 0.25) is 5.91 Å². The molecule has 1 aromatic carbocycles. The van der Waals surface area contributed by atoms with Crippen LogP contribution >= 0.6 is 11.6 Å². The van der Waals surface area contributed by atoms with Crippen molar-refractivity contribution in [3.8, 4) is 0 Å². The summed E-state index contributed by atoms with van der Waals surface area (Å²) in [4.78, 5) is 16.6. The van der Waals surface area contributed by atoms with Crippen molar-refractivity contribution in [2.24, 2.45) is 0 Å². The number of rotatable bonds is 3. The van der Waals surface area contributed by atoms with E-state index in [-0.39, 0.29) is 11.3 Å². The van der Waals surface area contributed by atoms with E-state index in [2.05, 4.69) is 31.0 Å². The maximum Gasteiger partial charge on any atom is 0.242 e. The summed E-state index contributed by atoms with van der Waals surface area (Å²) in [6.45, 7) is 8.51. The molecule has 0 atom stereocenters. The Kier molecular flexibility index (Phi) is 4.71. The maximum absolute atomic E-state index is 12.7. The maximum atomic E-state index is 12.7. The van der Waals surface area contributed by atoms with E-state index in [0.29, 0.717) is 30.3 Å². The van der Waals surface area contributed by atoms with Gasteiger partial charge in [0.1, 0.15) is 5.82 Å². The summed E-state index contributed by atoms with van der Waals surface area (Å²) in [5, 5.41) is 13.9. The second kappa shape index (κ2) is 7.05. The van der Waals surface area contributed by atoms with Crippen molar-refractivity contribution in [2.45, 2.75) is 32.7 Å². The van der Waals surface area contributed by atoms with Crippen LogP contribution in [0.5, 0.6) is 0 Å². The van der Waals surface area contributed by atoms with Gasteiger partial charge < -0.3 is 9.80 Å². The number of aromatic nitrogens is 4. The van der Waals surface area contributed by atoms with Gasteiger partial charge in [-0.05, 0) is 29.8 Å². The van der Waals surface area contributed by atoms with E-state index in [1.165, 1.54) is 0 Å². The van der Waals surface area contributed by atoms with Crippen LogP contribution in [0.25, 0.3) is 5.65 Å². The van der Waals surface area contributed by atoms with Gasteiger partial charge in [-0.25, -0.2) is 0 Å². The molecule has 8 heteroatoms. The molecule has 0 unspecified atom stereocenters. The summed E-state index contributed by atoms with van der Waals surface area (Å²) in [5.41, 5.74) is 1.62. The number of benzene rings is 1. The molecule has 146 valence electrons. The summed E-state index contributed by atoms with van der Waals surface area (Å²) in [6, 6.07) is 11.4. The molecule has 3 aromatic rings. The van der Waals surface area contributed by atoms with Crippen molar-refractivity contribution in [1.29, 1.82) is 0 Å². The van der Waals surface area contributed by atoms with E-state index < -0.39 is 0 Å². The van der Waals surface area contributed by atoms with E-state index in [1.54, 1.807) is 4.52 Å². The third-order valence-electron chi connectivity index (χ3n) is 4.85. The molecule has 4 rings (SSSR count). The first-order valence-electron chi connectivity index (χ1n) is 9.31. The quantitative estimate of drug-likeness (QED) is 0.678. The van der Waals surface area contributed by atoms with Gasteiger partial charge in [-0.3, -0.25) is 4.79 Å². The highest BCUT2D eigenvalue weighted by atomic mass is 35.5. The second-order valence-corrected chi connectivity index (χ2v) is 8.53. The highest BCUT2D eigenvalue weighted by Gasteiger charge is 2.26. The number of piperazine rings is 1. The fourth-order valence-corrected chi connectivity index (χ4v) is 3.42. The molecule has 1 saturated heterocycles. The summed E-state index contributed by atoms with van der Waals surface area (Å²) in [5.74, 6) is 1.65. The molecule has 0 N–H and O–H groups in total. The molecule has 0 saturated carbocycles. The summed E-state index contributed by atoms with van der Waals surface area (Å²) < 4.78 is 1.78. The number of nitrogens with zero attached hydrogens (tertiary/aromatic N) is 6. The van der Waals surface area contributed by atoms with Crippen LogP contribution in [-0.4, -0.2) is 50.3 Å². The van der Waals surface area contributed by atoms with Gasteiger partial charge in [0.15, 0.2) is 11.5 Å². The Morgan fingerprint density at radius 3 is 2.46 bits per heavy atom. The number of carbonyl (C=O) groups is 1. The first-order valence-corrected chi connectivity index (χ1v) is 9.69. The highest BCUT2D eigenvalue weighted by molar-refractivity contribution is 6.30. The van der Waals surface area contributed by atoms with Gasteiger partial charge in [0, 0.05) is 30.1 Å². The molecule has 7 nitrogen and oxygen atoms in total. The topological polar surface area (TPSA) is 66.6 Å². The van der Waals surface area contributed by atoms with E-state index in [9.17, 15) is 4.79 Å². The monoisotopic (exact) mass is 398 g/mol. The van der Waals surface area contributed by atoms with E-state index in [0.717, 1.165) is 23.8 Å². The van der Waals surface area contributed by atoms with E-state index in [4.69, 9.17) is 16.7 Å². The number of hydrogen-bond donors (Lipinski definition) is 0. The van der Waals surface area contributed by atoms with Gasteiger partial charge in [-0.15, -0.1) is 15.3 Å². The zero-order valence-corrected chi connectivity index (χ0v) is 17.0. The second-order valence-electron chi connectivity index (χ2n) is 8.10. The Hall–Kier alpha value is -2.67. The minimum Gasteiger partial charge on any atom is -0.344 e. The Morgan fingerprint density at radius 1 is 1.04 bits per heavy atom. The predicted octanol–water partition coefficient (Wildman–Crippen LogP) is 2.92. The smallest absolute Gasteiger partial charge is 0.242 e. The van der Waals surface area contributed by atoms with Gasteiger partial charge in [0.05, 0.1) is 6.54 Å². The third kappa shape index (κ3) is 3.67. The first-order chi connectivity index (χ1) is 13.3. The average Bonchev–Trinajstić information content (AvgIpc) is 3.08. The average molecular weight is 399 g/mol. The SMILES string of the molecule is CC(C)(C)c1nnc2ccc(N3CCN(Cc4ccc(Cl)cc4)C(=O)C3)nn12. The Balaban J connectivity index is 1.51. The normalized spacial score (nSPS) is 15.5. The van der Waals surface area contributed by atoms with Gasteiger partial charge in [-0.1, -0.05) is 44.5 Å². The molecule has 1 aliphatic rings. The number of hydrogen-bond acceptors (Lipinski definition) is 5. The molecule has 0 radical (unpaired) electrons. The number of fused-ring (bicyclic) bond motifs is 1. The lowest BCUT2D eigenvalue weighted by atomic mass is 9.96. The molecule has 28 heavy (non-hydrogen) atoms. The van der Waals surface area contributed by atoms with Crippen LogP contribution in [0.3, 0.4) is 0 Å². The standard InChI is InChI=1S/C20H23ClN6O/c1-20(2,3)19-23-22-16-8-9-17(24-27(16)19)25-10-11-26(18(28)13-25)12-14-4-6-15(21)7-5-14/h4-9H,10-13H2,1-3H3. The van der Waals surface area contributed by atoms with E-state index in [1.807, 2.05) is 46.2 Å². The fraction of sp³-hybridized carbons (Fsp3) is 0.400. The zero-order valence-electron chi connectivity index (χ0n) is 16.3. The van der Waals surface area contributed by atoms with Crippen molar-refractivity contribution in [2.75, 3.05) is 24.5 Å². The number of anilines is 1. The van der Waals surface area contributed by atoms with Crippen molar-refractivity contribution in [3.63, 3.8) is 0 Å². The fourth-order valence-electron chi connectivity index (χ4n) is 3.30. The molecule has 2 aromatic heterocycles. The van der Waals surface area contributed by atoms with Crippen LogP contribution in [0.2, 0.25) is 5.02 Å². The van der Waals surface area contributed by atoms with Crippen LogP contribution in [0, 0.1) is 0 Å². The predicted molar refractivity (Wildman–Crippen MR) is 109 cm³/mol. The van der Waals surface area contributed by atoms with Crippen molar-refractivity contribution < 1.29 is 4.79 Å². The van der Waals surface area contributed by atoms with Crippen molar-refractivity contribution >= 4 is 29.0 Å². The zero-order chi connectivity index (χ0) is 19.9. The molecular weight excluding hydrogens is 376 g/mol. The van der Waals surface area contributed by atoms with E-state index >= 15 is 0 Å². The minimum atomic E-state index is -0.169. The summed E-state index contributed by atoms with van der Waals surface area (Å²) >= 11 is 5.94. The molecule has 1 aliphatic heterocycles. The van der Waals surface area contributed by atoms with Crippen LogP contribution in [0.4, 0.5) is 5.82 Å². The Labute approximate surface area is 168 Å². The van der Waals surface area contributed by atoms with Crippen LogP contribution in [-0.2, 0) is 16.8 Å². The minimum absolute atomic E-state index is 0.0860. The number of carbonyl (C=O) groups excluding carboxylic acids is 1. The lowest BCUT2D eigenvalue weighted by Gasteiger charge is -2.35. The van der Waals surface area contributed by atoms with Crippen molar-refractivity contribution in [1.82, 2.24) is 24.7 Å². The molecule has 0 spiro atoms. The number of halogens is 1. The van der Waals surface area contributed by atoms with Crippen LogP contribution < -0.4 is 4.90 Å².